The number of hydrogen-bond donors (Lipinski definition) is 3. The van der Waals surface area contributed by atoms with Crippen molar-refractivity contribution in [3.05, 3.63) is 30.1 Å². The number of carbonyl (C=O) groups excluding carboxylic acids is 2. The van der Waals surface area contributed by atoms with Gasteiger partial charge < -0.3 is 16.0 Å². The Bertz CT molecular complexity index is 676. The van der Waals surface area contributed by atoms with Crippen molar-refractivity contribution < 1.29 is 14.0 Å². The molecule has 1 heterocycles. The molecule has 2 atom stereocenters. The molecule has 1 saturated heterocycles. The van der Waals surface area contributed by atoms with Crippen molar-refractivity contribution in [1.82, 2.24) is 15.5 Å². The summed E-state index contributed by atoms with van der Waals surface area (Å²) in [6.07, 6.45) is 6.33. The topological polar surface area (TPSA) is 73.5 Å². The third kappa shape index (κ3) is 6.19. The van der Waals surface area contributed by atoms with Crippen molar-refractivity contribution in [1.29, 1.82) is 0 Å². The fourth-order valence-electron chi connectivity index (χ4n) is 4.14. The fraction of sp³-hybridized carbons (Fsp3) is 0.619. The number of benzene rings is 1. The van der Waals surface area contributed by atoms with Gasteiger partial charge in [0.15, 0.2) is 0 Å². The number of amides is 3. The molecule has 0 bridgehead atoms. The van der Waals surface area contributed by atoms with Gasteiger partial charge in [-0.3, -0.25) is 9.69 Å². The van der Waals surface area contributed by atoms with Crippen LogP contribution in [0, 0.1) is 11.7 Å². The number of halogens is 1. The lowest BCUT2D eigenvalue weighted by Gasteiger charge is -2.33. The molecule has 2 aliphatic rings. The van der Waals surface area contributed by atoms with Crippen LogP contribution in [0.3, 0.4) is 0 Å². The lowest BCUT2D eigenvalue weighted by molar-refractivity contribution is -0.123. The van der Waals surface area contributed by atoms with Gasteiger partial charge in [0.1, 0.15) is 5.82 Å². The number of likely N-dealkylation sites (tertiary alicyclic amines) is 1. The van der Waals surface area contributed by atoms with Crippen LogP contribution in [0.2, 0.25) is 0 Å². The molecule has 0 spiro atoms. The number of piperidine rings is 1. The first-order valence-electron chi connectivity index (χ1n) is 10.3. The lowest BCUT2D eigenvalue weighted by Crippen LogP contribution is -2.50. The molecule has 2 unspecified atom stereocenters. The fourth-order valence-corrected chi connectivity index (χ4v) is 4.14. The minimum atomic E-state index is -0.382. The standard InChI is InChI=1S/C21H31FN4O2/c1-15-5-2-3-8-19(15)25-20(27)14-26-11-9-17(10-12-26)23-21(28)24-18-7-4-6-16(22)13-18/h4,6-7,13,15,17,19H,2-3,5,8-12,14H2,1H3,(H,25,27)(H2,23,24,28). The van der Waals surface area contributed by atoms with Crippen LogP contribution in [-0.2, 0) is 4.79 Å². The molecule has 154 valence electrons. The van der Waals surface area contributed by atoms with E-state index >= 15 is 0 Å². The molecule has 0 radical (unpaired) electrons. The zero-order valence-electron chi connectivity index (χ0n) is 16.5. The molecule has 2 fully saturated rings. The quantitative estimate of drug-likeness (QED) is 0.723. The van der Waals surface area contributed by atoms with E-state index in [4.69, 9.17) is 0 Å². The summed E-state index contributed by atoms with van der Waals surface area (Å²) in [5, 5.41) is 8.79. The monoisotopic (exact) mass is 390 g/mol. The van der Waals surface area contributed by atoms with Crippen molar-refractivity contribution in [2.45, 2.75) is 57.5 Å². The maximum absolute atomic E-state index is 13.2. The predicted octanol–water partition coefficient (Wildman–Crippen LogP) is 3.11. The summed E-state index contributed by atoms with van der Waals surface area (Å²) in [6.45, 7) is 4.19. The van der Waals surface area contributed by atoms with Gasteiger partial charge in [0.05, 0.1) is 6.54 Å². The molecular weight excluding hydrogens is 359 g/mol. The highest BCUT2D eigenvalue weighted by molar-refractivity contribution is 5.89. The highest BCUT2D eigenvalue weighted by Gasteiger charge is 2.25. The largest absolute Gasteiger partial charge is 0.352 e. The van der Waals surface area contributed by atoms with Gasteiger partial charge in [0.2, 0.25) is 5.91 Å². The first-order chi connectivity index (χ1) is 13.5. The minimum Gasteiger partial charge on any atom is -0.352 e. The third-order valence-electron chi connectivity index (χ3n) is 5.83. The van der Waals surface area contributed by atoms with Crippen molar-refractivity contribution in [2.75, 3.05) is 25.0 Å². The third-order valence-corrected chi connectivity index (χ3v) is 5.83. The summed E-state index contributed by atoms with van der Waals surface area (Å²) in [7, 11) is 0. The van der Waals surface area contributed by atoms with E-state index in [0.717, 1.165) is 32.4 Å². The van der Waals surface area contributed by atoms with E-state index in [2.05, 4.69) is 27.8 Å². The van der Waals surface area contributed by atoms with Gasteiger partial charge >= 0.3 is 6.03 Å². The van der Waals surface area contributed by atoms with Crippen molar-refractivity contribution in [3.8, 4) is 0 Å². The Labute approximate surface area is 166 Å². The van der Waals surface area contributed by atoms with Gasteiger partial charge in [-0.05, 0) is 49.8 Å². The molecule has 1 aliphatic carbocycles. The second-order valence-corrected chi connectivity index (χ2v) is 8.09. The number of rotatable bonds is 5. The molecule has 3 amide bonds. The Balaban J connectivity index is 1.36. The van der Waals surface area contributed by atoms with E-state index < -0.39 is 0 Å². The van der Waals surface area contributed by atoms with Gasteiger partial charge in [-0.1, -0.05) is 25.8 Å². The van der Waals surface area contributed by atoms with Crippen LogP contribution >= 0.6 is 0 Å². The summed E-state index contributed by atoms with van der Waals surface area (Å²) in [5.74, 6) is 0.283. The predicted molar refractivity (Wildman–Crippen MR) is 108 cm³/mol. The summed E-state index contributed by atoms with van der Waals surface area (Å²) >= 11 is 0. The van der Waals surface area contributed by atoms with E-state index in [1.807, 2.05) is 0 Å². The van der Waals surface area contributed by atoms with Gasteiger partial charge in [-0.15, -0.1) is 0 Å². The number of nitrogens with zero attached hydrogens (tertiary/aromatic N) is 1. The SMILES string of the molecule is CC1CCCCC1NC(=O)CN1CCC(NC(=O)Nc2cccc(F)c2)CC1. The second kappa shape index (κ2) is 9.87. The average molecular weight is 391 g/mol. The number of anilines is 1. The maximum Gasteiger partial charge on any atom is 0.319 e. The molecule has 1 aromatic carbocycles. The van der Waals surface area contributed by atoms with Crippen LogP contribution in [0.15, 0.2) is 24.3 Å². The molecule has 1 saturated carbocycles. The van der Waals surface area contributed by atoms with E-state index in [-0.39, 0.29) is 23.8 Å². The normalized spacial score (nSPS) is 23.8. The Morgan fingerprint density at radius 3 is 2.57 bits per heavy atom. The van der Waals surface area contributed by atoms with Gasteiger partial charge in [-0.2, -0.15) is 0 Å². The van der Waals surface area contributed by atoms with Gasteiger partial charge in [0, 0.05) is 30.9 Å². The van der Waals surface area contributed by atoms with Crippen LogP contribution in [0.1, 0.15) is 45.4 Å². The van der Waals surface area contributed by atoms with Crippen molar-refractivity contribution in [2.24, 2.45) is 5.92 Å². The smallest absolute Gasteiger partial charge is 0.319 e. The van der Waals surface area contributed by atoms with Crippen LogP contribution in [-0.4, -0.2) is 48.6 Å². The average Bonchev–Trinajstić information content (AvgIpc) is 2.65. The van der Waals surface area contributed by atoms with Crippen LogP contribution in [0.4, 0.5) is 14.9 Å². The Morgan fingerprint density at radius 1 is 1.11 bits per heavy atom. The molecule has 3 N–H and O–H groups in total. The highest BCUT2D eigenvalue weighted by Crippen LogP contribution is 2.23. The molecule has 1 aromatic rings. The molecule has 0 aromatic heterocycles. The van der Waals surface area contributed by atoms with Crippen LogP contribution in [0.25, 0.3) is 0 Å². The molecule has 1 aliphatic heterocycles. The number of urea groups is 1. The maximum atomic E-state index is 13.2. The summed E-state index contributed by atoms with van der Waals surface area (Å²) in [5.41, 5.74) is 0.434. The second-order valence-electron chi connectivity index (χ2n) is 8.09. The van der Waals surface area contributed by atoms with Crippen LogP contribution in [0.5, 0.6) is 0 Å². The molecular formula is C21H31FN4O2. The lowest BCUT2D eigenvalue weighted by atomic mass is 9.86. The molecule has 6 nitrogen and oxygen atoms in total. The first kappa shape index (κ1) is 20.6. The summed E-state index contributed by atoms with van der Waals surface area (Å²) < 4.78 is 13.2. The van der Waals surface area contributed by atoms with Gasteiger partial charge in [0.25, 0.3) is 0 Å². The highest BCUT2D eigenvalue weighted by atomic mass is 19.1. The molecule has 7 heteroatoms. The van der Waals surface area contributed by atoms with E-state index in [9.17, 15) is 14.0 Å². The minimum absolute atomic E-state index is 0.0613. The Kier molecular flexibility index (Phi) is 7.25. The number of nitrogens with one attached hydrogen (secondary N) is 3. The zero-order valence-corrected chi connectivity index (χ0v) is 16.5. The first-order valence-corrected chi connectivity index (χ1v) is 10.3. The Hall–Kier alpha value is -2.15. The van der Waals surface area contributed by atoms with Crippen molar-refractivity contribution >= 4 is 17.6 Å². The van der Waals surface area contributed by atoms with Gasteiger partial charge in [-0.25, -0.2) is 9.18 Å². The van der Waals surface area contributed by atoms with Crippen molar-refractivity contribution in [3.63, 3.8) is 0 Å². The number of hydrogen-bond acceptors (Lipinski definition) is 3. The molecule has 3 rings (SSSR count). The summed E-state index contributed by atoms with van der Waals surface area (Å²) in [4.78, 5) is 26.6. The van der Waals surface area contributed by atoms with E-state index in [0.29, 0.717) is 24.2 Å². The number of carbonyl (C=O) groups is 2. The zero-order chi connectivity index (χ0) is 19.9. The van der Waals surface area contributed by atoms with E-state index in [1.54, 1.807) is 12.1 Å². The Morgan fingerprint density at radius 2 is 1.86 bits per heavy atom. The van der Waals surface area contributed by atoms with E-state index in [1.165, 1.54) is 31.4 Å². The molecule has 28 heavy (non-hydrogen) atoms. The van der Waals surface area contributed by atoms with Crippen LogP contribution < -0.4 is 16.0 Å². The summed E-state index contributed by atoms with van der Waals surface area (Å²) in [6, 6.07) is 5.88.